The molecule has 0 aliphatic carbocycles. The van der Waals surface area contributed by atoms with Gasteiger partial charge in [0.1, 0.15) is 17.2 Å². The predicted octanol–water partition coefficient (Wildman–Crippen LogP) is 2.64. The average Bonchev–Trinajstić information content (AvgIpc) is 3.40. The molecule has 0 radical (unpaired) electrons. The fourth-order valence-electron chi connectivity index (χ4n) is 3.32. The van der Waals surface area contributed by atoms with Crippen molar-refractivity contribution in [1.29, 1.82) is 0 Å². The van der Waals surface area contributed by atoms with Crippen molar-refractivity contribution in [2.45, 2.75) is 6.54 Å². The van der Waals surface area contributed by atoms with Gasteiger partial charge in [-0.05, 0) is 30.3 Å². The summed E-state index contributed by atoms with van der Waals surface area (Å²) in [6, 6.07) is 13.2. The van der Waals surface area contributed by atoms with Gasteiger partial charge in [-0.2, -0.15) is 5.10 Å². The molecule has 0 atom stereocenters. The summed E-state index contributed by atoms with van der Waals surface area (Å²) in [7, 11) is 1.59. The number of nitrogens with one attached hydrogen (secondary N) is 1. The first-order valence-corrected chi connectivity index (χ1v) is 8.97. The van der Waals surface area contributed by atoms with E-state index in [0.717, 1.165) is 36.8 Å². The number of benzene rings is 1. The molecular weight excluding hydrogens is 344 g/mol. The summed E-state index contributed by atoms with van der Waals surface area (Å²) in [6.07, 6.45) is 1.70. The van der Waals surface area contributed by atoms with E-state index < -0.39 is 0 Å². The Labute approximate surface area is 157 Å². The lowest BCUT2D eigenvalue weighted by Gasteiger charge is -2.34. The summed E-state index contributed by atoms with van der Waals surface area (Å²) in [5, 5.41) is 6.85. The number of nitrogens with zero attached hydrogens (tertiary/aromatic N) is 3. The van der Waals surface area contributed by atoms with Crippen molar-refractivity contribution in [3.05, 3.63) is 60.0 Å². The lowest BCUT2D eigenvalue weighted by atomic mass is 10.1. The second-order valence-corrected chi connectivity index (χ2v) is 6.50. The molecule has 0 unspecified atom stereocenters. The fourth-order valence-corrected chi connectivity index (χ4v) is 3.32. The summed E-state index contributed by atoms with van der Waals surface area (Å²) < 4.78 is 11.2. The maximum absolute atomic E-state index is 12.8. The second-order valence-electron chi connectivity index (χ2n) is 6.50. The Morgan fingerprint density at radius 2 is 1.96 bits per heavy atom. The molecule has 27 heavy (non-hydrogen) atoms. The van der Waals surface area contributed by atoms with Crippen LogP contribution in [0.25, 0.3) is 11.5 Å². The summed E-state index contributed by atoms with van der Waals surface area (Å²) in [4.78, 5) is 17.0. The van der Waals surface area contributed by atoms with Crippen molar-refractivity contribution in [3.63, 3.8) is 0 Å². The quantitative estimate of drug-likeness (QED) is 0.751. The van der Waals surface area contributed by atoms with Crippen LogP contribution in [0.1, 0.15) is 16.1 Å². The molecule has 2 aromatic heterocycles. The maximum atomic E-state index is 12.8. The lowest BCUT2D eigenvalue weighted by Crippen LogP contribution is -2.48. The van der Waals surface area contributed by atoms with Gasteiger partial charge in [-0.25, -0.2) is 0 Å². The van der Waals surface area contributed by atoms with Crippen molar-refractivity contribution in [2.75, 3.05) is 33.3 Å². The van der Waals surface area contributed by atoms with Gasteiger partial charge in [0.25, 0.3) is 5.91 Å². The van der Waals surface area contributed by atoms with Gasteiger partial charge in [-0.15, -0.1) is 0 Å². The Kier molecular flexibility index (Phi) is 4.93. The molecular formula is C20H22N4O3. The molecule has 140 valence electrons. The van der Waals surface area contributed by atoms with Crippen LogP contribution in [-0.2, 0) is 6.54 Å². The lowest BCUT2D eigenvalue weighted by molar-refractivity contribution is 0.0617. The van der Waals surface area contributed by atoms with E-state index in [2.05, 4.69) is 15.1 Å². The molecule has 7 heteroatoms. The largest absolute Gasteiger partial charge is 0.496 e. The van der Waals surface area contributed by atoms with Gasteiger partial charge in [0.05, 0.1) is 19.2 Å². The number of hydrogen-bond acceptors (Lipinski definition) is 5. The smallest absolute Gasteiger partial charge is 0.257 e. The molecule has 1 aliphatic heterocycles. The van der Waals surface area contributed by atoms with Gasteiger partial charge >= 0.3 is 0 Å². The molecule has 1 aliphatic rings. The van der Waals surface area contributed by atoms with Gasteiger partial charge < -0.3 is 14.1 Å². The van der Waals surface area contributed by atoms with E-state index in [4.69, 9.17) is 9.15 Å². The fraction of sp³-hybridized carbons (Fsp3) is 0.300. The van der Waals surface area contributed by atoms with Crippen molar-refractivity contribution in [3.8, 4) is 17.2 Å². The van der Waals surface area contributed by atoms with Gasteiger partial charge in [0.15, 0.2) is 5.76 Å². The van der Waals surface area contributed by atoms with E-state index in [-0.39, 0.29) is 5.91 Å². The first-order chi connectivity index (χ1) is 13.2. The normalized spacial score (nSPS) is 15.1. The zero-order valence-electron chi connectivity index (χ0n) is 15.2. The molecule has 1 fully saturated rings. The van der Waals surface area contributed by atoms with Crippen LogP contribution >= 0.6 is 0 Å². The molecule has 1 aromatic carbocycles. The number of H-pyrrole nitrogens is 1. The number of methoxy groups -OCH3 is 1. The first-order valence-electron chi connectivity index (χ1n) is 8.97. The zero-order chi connectivity index (χ0) is 18.6. The number of para-hydroxylation sites is 1. The molecule has 0 spiro atoms. The Bertz CT molecular complexity index is 896. The molecule has 3 aromatic rings. The van der Waals surface area contributed by atoms with E-state index >= 15 is 0 Å². The SMILES string of the molecule is COc1ccccc1C(=O)N1CCN(Cc2ccc(-c3ccn[nH]3)o2)CC1. The van der Waals surface area contributed by atoms with Crippen LogP contribution in [-0.4, -0.2) is 59.2 Å². The first kappa shape index (κ1) is 17.4. The minimum atomic E-state index is 0.0200. The third-order valence-corrected chi connectivity index (χ3v) is 4.80. The highest BCUT2D eigenvalue weighted by molar-refractivity contribution is 5.97. The van der Waals surface area contributed by atoms with Crippen LogP contribution in [0.15, 0.2) is 53.1 Å². The van der Waals surface area contributed by atoms with Crippen LogP contribution in [0.3, 0.4) is 0 Å². The number of hydrogen-bond donors (Lipinski definition) is 1. The molecule has 0 bridgehead atoms. The number of rotatable bonds is 5. The Hall–Kier alpha value is -3.06. The number of carbonyl (C=O) groups is 1. The Morgan fingerprint density at radius 3 is 2.70 bits per heavy atom. The van der Waals surface area contributed by atoms with Crippen molar-refractivity contribution in [2.24, 2.45) is 0 Å². The van der Waals surface area contributed by atoms with E-state index in [1.807, 2.05) is 47.4 Å². The molecule has 3 heterocycles. The monoisotopic (exact) mass is 366 g/mol. The van der Waals surface area contributed by atoms with Crippen LogP contribution in [0, 0.1) is 0 Å². The van der Waals surface area contributed by atoms with Crippen molar-refractivity contribution < 1.29 is 13.9 Å². The summed E-state index contributed by atoms with van der Waals surface area (Å²) >= 11 is 0. The van der Waals surface area contributed by atoms with Gasteiger partial charge in [0.2, 0.25) is 0 Å². The number of ether oxygens (including phenoxy) is 1. The number of carbonyl (C=O) groups excluding carboxylic acids is 1. The molecule has 7 nitrogen and oxygen atoms in total. The highest BCUT2D eigenvalue weighted by Crippen LogP contribution is 2.22. The third kappa shape index (κ3) is 3.73. The minimum absolute atomic E-state index is 0.0200. The minimum Gasteiger partial charge on any atom is -0.496 e. The molecule has 1 N–H and O–H groups in total. The highest BCUT2D eigenvalue weighted by Gasteiger charge is 2.24. The van der Waals surface area contributed by atoms with E-state index in [9.17, 15) is 4.79 Å². The third-order valence-electron chi connectivity index (χ3n) is 4.80. The maximum Gasteiger partial charge on any atom is 0.257 e. The van der Waals surface area contributed by atoms with Crippen molar-refractivity contribution >= 4 is 5.91 Å². The van der Waals surface area contributed by atoms with Crippen LogP contribution < -0.4 is 4.74 Å². The molecule has 1 amide bonds. The van der Waals surface area contributed by atoms with Crippen LogP contribution in [0.4, 0.5) is 0 Å². The summed E-state index contributed by atoms with van der Waals surface area (Å²) in [6.45, 7) is 3.71. The second kappa shape index (κ2) is 7.67. The number of amides is 1. The van der Waals surface area contributed by atoms with E-state index in [0.29, 0.717) is 24.4 Å². The Morgan fingerprint density at radius 1 is 1.15 bits per heavy atom. The van der Waals surface area contributed by atoms with E-state index in [1.165, 1.54) is 0 Å². The van der Waals surface area contributed by atoms with Crippen molar-refractivity contribution in [1.82, 2.24) is 20.0 Å². The van der Waals surface area contributed by atoms with Gasteiger partial charge in [-0.1, -0.05) is 12.1 Å². The number of aromatic nitrogens is 2. The standard InChI is InChI=1S/C20H22N4O3/c1-26-18-5-3-2-4-16(18)20(25)24-12-10-23(11-13-24)14-15-6-7-19(27-15)17-8-9-21-22-17/h2-9H,10-14H2,1H3,(H,21,22). The number of furan rings is 1. The molecule has 1 saturated heterocycles. The average molecular weight is 366 g/mol. The summed E-state index contributed by atoms with van der Waals surface area (Å²) in [5.41, 5.74) is 1.48. The predicted molar refractivity (Wildman–Crippen MR) is 100 cm³/mol. The molecule has 4 rings (SSSR count). The zero-order valence-corrected chi connectivity index (χ0v) is 15.2. The number of piperazine rings is 1. The van der Waals surface area contributed by atoms with Crippen LogP contribution in [0.5, 0.6) is 5.75 Å². The van der Waals surface area contributed by atoms with Gasteiger partial charge in [0, 0.05) is 32.4 Å². The highest BCUT2D eigenvalue weighted by atomic mass is 16.5. The molecule has 0 saturated carbocycles. The van der Waals surface area contributed by atoms with Gasteiger partial charge in [-0.3, -0.25) is 14.8 Å². The Balaban J connectivity index is 1.34. The summed E-state index contributed by atoms with van der Waals surface area (Å²) in [5.74, 6) is 2.33. The van der Waals surface area contributed by atoms with Crippen LogP contribution in [0.2, 0.25) is 0 Å². The van der Waals surface area contributed by atoms with E-state index in [1.54, 1.807) is 13.3 Å². The number of aromatic amines is 1. The topological polar surface area (TPSA) is 74.6 Å².